The van der Waals surface area contributed by atoms with E-state index in [4.69, 9.17) is 0 Å². The third-order valence-corrected chi connectivity index (χ3v) is 4.58. The average molecular weight is 196 g/mol. The van der Waals surface area contributed by atoms with Gasteiger partial charge < -0.3 is 0 Å². The van der Waals surface area contributed by atoms with Crippen LogP contribution in [0.2, 0.25) is 0 Å². The van der Waals surface area contributed by atoms with Gasteiger partial charge in [0, 0.05) is 0 Å². The molecule has 84 valence electrons. The quantitative estimate of drug-likeness (QED) is 0.567. The van der Waals surface area contributed by atoms with Crippen LogP contribution in [0.15, 0.2) is 0 Å². The summed E-state index contributed by atoms with van der Waals surface area (Å²) in [6.07, 6.45) is 8.67. The zero-order valence-corrected chi connectivity index (χ0v) is 10.6. The highest BCUT2D eigenvalue weighted by Gasteiger charge is 2.35. The molecule has 0 amide bonds. The molecule has 0 bridgehead atoms. The molecule has 14 heavy (non-hydrogen) atoms. The van der Waals surface area contributed by atoms with E-state index in [0.29, 0.717) is 0 Å². The molecule has 0 spiro atoms. The summed E-state index contributed by atoms with van der Waals surface area (Å²) in [6.45, 7) is 9.47. The fraction of sp³-hybridized carbons (Fsp3) is 1.00. The maximum absolute atomic E-state index is 2.39. The molecule has 0 aromatic carbocycles. The lowest BCUT2D eigenvalue weighted by atomic mass is 9.63. The van der Waals surface area contributed by atoms with Crippen LogP contribution >= 0.6 is 0 Å². The molecule has 0 N–H and O–H groups in total. The van der Waals surface area contributed by atoms with Gasteiger partial charge in [0.1, 0.15) is 0 Å². The van der Waals surface area contributed by atoms with Crippen LogP contribution in [-0.2, 0) is 0 Å². The molecule has 0 heterocycles. The Morgan fingerprint density at radius 1 is 0.929 bits per heavy atom. The topological polar surface area (TPSA) is 0 Å². The summed E-state index contributed by atoms with van der Waals surface area (Å²) in [5, 5.41) is 0. The molecule has 1 unspecified atom stereocenters. The van der Waals surface area contributed by atoms with Crippen LogP contribution in [0.1, 0.15) is 66.2 Å². The highest BCUT2D eigenvalue weighted by atomic mass is 14.4. The lowest BCUT2D eigenvalue weighted by Gasteiger charge is -2.43. The third-order valence-electron chi connectivity index (χ3n) is 4.58. The first kappa shape index (κ1) is 12.1. The van der Waals surface area contributed by atoms with Crippen LogP contribution in [0.3, 0.4) is 0 Å². The smallest absolute Gasteiger partial charge is 0.0360 e. The molecule has 0 aromatic heterocycles. The summed E-state index contributed by atoms with van der Waals surface area (Å²) >= 11 is 0. The molecule has 0 aliphatic heterocycles. The van der Waals surface area contributed by atoms with Crippen molar-refractivity contribution in [2.45, 2.75) is 66.2 Å². The Morgan fingerprint density at radius 3 is 1.86 bits per heavy atom. The first-order valence-electron chi connectivity index (χ1n) is 6.76. The monoisotopic (exact) mass is 196 g/mol. The molecular formula is C14H28. The van der Waals surface area contributed by atoms with Crippen molar-refractivity contribution in [1.29, 1.82) is 0 Å². The summed E-state index contributed by atoms with van der Waals surface area (Å²) in [6, 6.07) is 0. The Kier molecular flexibility index (Phi) is 4.98. The lowest BCUT2D eigenvalue weighted by molar-refractivity contribution is 0.0755. The van der Waals surface area contributed by atoms with Crippen molar-refractivity contribution >= 4 is 0 Å². The zero-order valence-electron chi connectivity index (χ0n) is 10.6. The highest BCUT2D eigenvalue weighted by molar-refractivity contribution is 4.85. The van der Waals surface area contributed by atoms with Crippen molar-refractivity contribution in [1.82, 2.24) is 0 Å². The van der Waals surface area contributed by atoms with Gasteiger partial charge >= 0.3 is 0 Å². The van der Waals surface area contributed by atoms with E-state index >= 15 is 0 Å². The van der Waals surface area contributed by atoms with Gasteiger partial charge in [0.2, 0.25) is 0 Å². The molecule has 1 fully saturated rings. The summed E-state index contributed by atoms with van der Waals surface area (Å²) in [7, 11) is 0. The van der Waals surface area contributed by atoms with Crippen LogP contribution in [0.5, 0.6) is 0 Å². The summed E-state index contributed by atoms with van der Waals surface area (Å²) in [5.74, 6) is 4.19. The standard InChI is InChI=1S/C14H28/c1-5-11-9-13(10-11)14(8-4)12(6-2)7-3/h11-14H,5-10H2,1-4H3. The maximum atomic E-state index is 2.39. The first-order valence-corrected chi connectivity index (χ1v) is 6.76. The van der Waals surface area contributed by atoms with E-state index in [2.05, 4.69) is 27.7 Å². The molecular weight excluding hydrogens is 168 g/mol. The van der Waals surface area contributed by atoms with E-state index in [1.54, 1.807) is 0 Å². The Labute approximate surface area is 90.5 Å². The number of hydrogen-bond donors (Lipinski definition) is 0. The van der Waals surface area contributed by atoms with Crippen LogP contribution in [-0.4, -0.2) is 0 Å². The van der Waals surface area contributed by atoms with Gasteiger partial charge in [-0.3, -0.25) is 0 Å². The van der Waals surface area contributed by atoms with Gasteiger partial charge in [-0.05, 0) is 36.5 Å². The lowest BCUT2D eigenvalue weighted by Crippen LogP contribution is -2.33. The second kappa shape index (κ2) is 5.78. The van der Waals surface area contributed by atoms with Gasteiger partial charge in [-0.25, -0.2) is 0 Å². The predicted octanol–water partition coefficient (Wildman–Crippen LogP) is 4.89. The van der Waals surface area contributed by atoms with Crippen LogP contribution in [0.4, 0.5) is 0 Å². The van der Waals surface area contributed by atoms with Gasteiger partial charge in [-0.15, -0.1) is 0 Å². The molecule has 1 saturated carbocycles. The van der Waals surface area contributed by atoms with E-state index in [1.807, 2.05) is 0 Å². The van der Waals surface area contributed by atoms with Gasteiger partial charge in [-0.2, -0.15) is 0 Å². The third kappa shape index (κ3) is 2.52. The van der Waals surface area contributed by atoms with Crippen molar-refractivity contribution < 1.29 is 0 Å². The number of hydrogen-bond acceptors (Lipinski definition) is 0. The molecule has 1 aliphatic carbocycles. The second-order valence-corrected chi connectivity index (χ2v) is 5.15. The summed E-state index contributed by atoms with van der Waals surface area (Å²) in [4.78, 5) is 0. The Morgan fingerprint density at radius 2 is 1.50 bits per heavy atom. The minimum absolute atomic E-state index is 1.00. The molecule has 0 saturated heterocycles. The average Bonchev–Trinajstić information content (AvgIpc) is 2.15. The molecule has 1 rings (SSSR count). The van der Waals surface area contributed by atoms with Gasteiger partial charge in [0.05, 0.1) is 0 Å². The minimum Gasteiger partial charge on any atom is -0.0651 e. The summed E-state index contributed by atoms with van der Waals surface area (Å²) < 4.78 is 0. The van der Waals surface area contributed by atoms with Gasteiger partial charge in [0.25, 0.3) is 0 Å². The Balaban J connectivity index is 2.39. The van der Waals surface area contributed by atoms with E-state index in [9.17, 15) is 0 Å². The van der Waals surface area contributed by atoms with Gasteiger partial charge in [-0.1, -0.05) is 53.4 Å². The highest BCUT2D eigenvalue weighted by Crippen LogP contribution is 2.45. The van der Waals surface area contributed by atoms with Crippen molar-refractivity contribution in [3.8, 4) is 0 Å². The van der Waals surface area contributed by atoms with E-state index in [0.717, 1.165) is 23.7 Å². The normalized spacial score (nSPS) is 28.9. The molecule has 0 heteroatoms. The van der Waals surface area contributed by atoms with Crippen molar-refractivity contribution in [3.63, 3.8) is 0 Å². The molecule has 1 atom stereocenters. The molecule has 0 aromatic rings. The van der Waals surface area contributed by atoms with E-state index in [1.165, 1.54) is 38.5 Å². The van der Waals surface area contributed by atoms with Crippen molar-refractivity contribution in [2.75, 3.05) is 0 Å². The molecule has 0 radical (unpaired) electrons. The molecule has 1 aliphatic rings. The second-order valence-electron chi connectivity index (χ2n) is 5.15. The largest absolute Gasteiger partial charge is 0.0651 e. The zero-order chi connectivity index (χ0) is 10.6. The Bertz CT molecular complexity index is 140. The SMILES string of the molecule is CCC1CC(C(CC)C(CC)CC)C1. The Hall–Kier alpha value is 0. The van der Waals surface area contributed by atoms with Crippen molar-refractivity contribution in [3.05, 3.63) is 0 Å². The van der Waals surface area contributed by atoms with Crippen LogP contribution in [0, 0.1) is 23.7 Å². The van der Waals surface area contributed by atoms with Crippen molar-refractivity contribution in [2.24, 2.45) is 23.7 Å². The summed E-state index contributed by atoms with van der Waals surface area (Å²) in [5.41, 5.74) is 0. The maximum Gasteiger partial charge on any atom is -0.0360 e. The fourth-order valence-electron chi connectivity index (χ4n) is 3.42. The number of rotatable bonds is 6. The van der Waals surface area contributed by atoms with Gasteiger partial charge in [0.15, 0.2) is 0 Å². The molecule has 0 nitrogen and oxygen atoms in total. The predicted molar refractivity (Wildman–Crippen MR) is 64.4 cm³/mol. The van der Waals surface area contributed by atoms with Crippen LogP contribution in [0.25, 0.3) is 0 Å². The van der Waals surface area contributed by atoms with Crippen LogP contribution < -0.4 is 0 Å². The van der Waals surface area contributed by atoms with E-state index < -0.39 is 0 Å². The minimum atomic E-state index is 1.00. The first-order chi connectivity index (χ1) is 6.76. The fourth-order valence-corrected chi connectivity index (χ4v) is 3.42. The van der Waals surface area contributed by atoms with E-state index in [-0.39, 0.29) is 0 Å².